The molecule has 20 heavy (non-hydrogen) atoms. The topological polar surface area (TPSA) is 20.2 Å². The fourth-order valence-electron chi connectivity index (χ4n) is 2.42. The van der Waals surface area contributed by atoms with Crippen LogP contribution in [0, 0.1) is 5.82 Å². The highest BCUT2D eigenvalue weighted by molar-refractivity contribution is 9.10. The third-order valence-corrected chi connectivity index (χ3v) is 3.97. The van der Waals surface area contributed by atoms with Crippen LogP contribution in [0.2, 0.25) is 0 Å². The zero-order valence-electron chi connectivity index (χ0n) is 11.7. The molecule has 106 valence electrons. The molecule has 0 spiro atoms. The normalized spacial score (nSPS) is 12.4. The number of aliphatic hydroxyl groups is 1. The predicted molar refractivity (Wildman–Crippen MR) is 83.4 cm³/mol. The van der Waals surface area contributed by atoms with Crippen molar-refractivity contribution in [3.63, 3.8) is 0 Å². The summed E-state index contributed by atoms with van der Waals surface area (Å²) >= 11 is 3.25. The third-order valence-electron chi connectivity index (χ3n) is 3.51. The van der Waals surface area contributed by atoms with E-state index in [0.29, 0.717) is 10.0 Å². The number of hydrogen-bond donors (Lipinski definition) is 1. The maximum atomic E-state index is 13.4. The lowest BCUT2D eigenvalue weighted by atomic mass is 9.95. The first-order valence-corrected chi connectivity index (χ1v) is 7.60. The van der Waals surface area contributed by atoms with Crippen LogP contribution in [-0.4, -0.2) is 5.11 Å². The molecule has 0 bridgehead atoms. The molecule has 2 aromatic rings. The minimum absolute atomic E-state index is 0.352. The van der Waals surface area contributed by atoms with E-state index >= 15 is 0 Å². The van der Waals surface area contributed by atoms with Gasteiger partial charge in [0.2, 0.25) is 0 Å². The number of aryl methyl sites for hydroxylation is 2. The molecule has 1 atom stereocenters. The zero-order valence-corrected chi connectivity index (χ0v) is 13.2. The highest BCUT2D eigenvalue weighted by Gasteiger charge is 2.13. The first-order valence-electron chi connectivity index (χ1n) is 6.80. The summed E-state index contributed by atoms with van der Waals surface area (Å²) in [6.07, 6.45) is 1.10. The van der Waals surface area contributed by atoms with Crippen molar-refractivity contribution in [3.05, 3.63) is 68.9 Å². The highest BCUT2D eigenvalue weighted by Crippen LogP contribution is 2.27. The average molecular weight is 337 g/mol. The summed E-state index contributed by atoms with van der Waals surface area (Å²) < 4.78 is 14.1. The van der Waals surface area contributed by atoms with Gasteiger partial charge in [0, 0.05) is 4.47 Å². The second-order valence-corrected chi connectivity index (χ2v) is 5.76. The Balaban J connectivity index is 2.39. The molecular weight excluding hydrogens is 319 g/mol. The Bertz CT molecular complexity index is 590. The van der Waals surface area contributed by atoms with E-state index in [0.717, 1.165) is 18.4 Å². The van der Waals surface area contributed by atoms with Crippen LogP contribution in [0.15, 0.2) is 40.9 Å². The monoisotopic (exact) mass is 336 g/mol. The van der Waals surface area contributed by atoms with Gasteiger partial charge in [0.25, 0.3) is 0 Å². The van der Waals surface area contributed by atoms with Gasteiger partial charge in [0.1, 0.15) is 11.9 Å². The van der Waals surface area contributed by atoms with E-state index in [4.69, 9.17) is 0 Å². The minimum atomic E-state index is -0.807. The van der Waals surface area contributed by atoms with Crippen LogP contribution in [-0.2, 0) is 12.8 Å². The van der Waals surface area contributed by atoms with Crippen LogP contribution < -0.4 is 0 Å². The summed E-state index contributed by atoms with van der Waals surface area (Å²) in [4.78, 5) is 0. The summed E-state index contributed by atoms with van der Waals surface area (Å²) in [5, 5.41) is 10.4. The van der Waals surface area contributed by atoms with Crippen LogP contribution in [0.5, 0.6) is 0 Å². The van der Waals surface area contributed by atoms with Gasteiger partial charge in [-0.05, 0) is 53.3 Å². The molecule has 0 aliphatic carbocycles. The van der Waals surface area contributed by atoms with Crippen LogP contribution in [0.3, 0.4) is 0 Å². The first kappa shape index (κ1) is 15.2. The molecule has 3 heteroatoms. The average Bonchev–Trinajstić information content (AvgIpc) is 2.44. The molecule has 0 aliphatic rings. The van der Waals surface area contributed by atoms with Gasteiger partial charge in [0.05, 0.1) is 0 Å². The van der Waals surface area contributed by atoms with Gasteiger partial charge in [-0.2, -0.15) is 0 Å². The lowest BCUT2D eigenvalue weighted by Crippen LogP contribution is -2.02. The van der Waals surface area contributed by atoms with E-state index in [1.807, 2.05) is 18.2 Å². The Morgan fingerprint density at radius 2 is 1.70 bits per heavy atom. The highest BCUT2D eigenvalue weighted by atomic mass is 79.9. The van der Waals surface area contributed by atoms with Crippen molar-refractivity contribution in [2.45, 2.75) is 32.8 Å². The van der Waals surface area contributed by atoms with Crippen molar-refractivity contribution < 1.29 is 9.50 Å². The van der Waals surface area contributed by atoms with Crippen molar-refractivity contribution in [2.24, 2.45) is 0 Å². The summed E-state index contributed by atoms with van der Waals surface area (Å²) in [7, 11) is 0. The molecule has 2 aromatic carbocycles. The lowest BCUT2D eigenvalue weighted by Gasteiger charge is -2.15. The number of benzene rings is 2. The molecule has 0 fully saturated rings. The van der Waals surface area contributed by atoms with Gasteiger partial charge >= 0.3 is 0 Å². The van der Waals surface area contributed by atoms with Gasteiger partial charge in [-0.15, -0.1) is 0 Å². The van der Waals surface area contributed by atoms with E-state index < -0.39 is 6.10 Å². The molecule has 1 nitrogen and oxygen atoms in total. The zero-order chi connectivity index (χ0) is 14.7. The van der Waals surface area contributed by atoms with E-state index in [2.05, 4.69) is 29.8 Å². The largest absolute Gasteiger partial charge is 0.384 e. The van der Waals surface area contributed by atoms with Crippen LogP contribution >= 0.6 is 15.9 Å². The van der Waals surface area contributed by atoms with Crippen molar-refractivity contribution >= 4 is 15.9 Å². The van der Waals surface area contributed by atoms with E-state index in [1.165, 1.54) is 23.3 Å². The van der Waals surface area contributed by atoms with Gasteiger partial charge in [-0.1, -0.05) is 48.0 Å². The number of hydrogen-bond acceptors (Lipinski definition) is 1. The molecule has 0 saturated carbocycles. The SMILES string of the molecule is CCc1ccc(C(O)c2cc(F)cc(Br)c2)cc1CC. The second-order valence-electron chi connectivity index (χ2n) is 4.84. The van der Waals surface area contributed by atoms with Gasteiger partial charge in [0.15, 0.2) is 0 Å². The van der Waals surface area contributed by atoms with Crippen molar-refractivity contribution in [3.8, 4) is 0 Å². The summed E-state index contributed by atoms with van der Waals surface area (Å²) in [5.74, 6) is -0.352. The van der Waals surface area contributed by atoms with E-state index in [9.17, 15) is 9.50 Å². The molecule has 1 N–H and O–H groups in total. The number of halogens is 2. The van der Waals surface area contributed by atoms with Gasteiger partial charge in [-0.25, -0.2) is 4.39 Å². The van der Waals surface area contributed by atoms with Crippen molar-refractivity contribution in [1.82, 2.24) is 0 Å². The molecule has 0 radical (unpaired) electrons. The lowest BCUT2D eigenvalue weighted by molar-refractivity contribution is 0.219. The smallest absolute Gasteiger partial charge is 0.124 e. The maximum absolute atomic E-state index is 13.4. The van der Waals surface area contributed by atoms with E-state index in [1.54, 1.807) is 6.07 Å². The maximum Gasteiger partial charge on any atom is 0.124 e. The summed E-state index contributed by atoms with van der Waals surface area (Å²) in [6, 6.07) is 10.5. The van der Waals surface area contributed by atoms with Crippen LogP contribution in [0.1, 0.15) is 42.2 Å². The molecule has 1 unspecified atom stereocenters. The Hall–Kier alpha value is -1.19. The Labute approximate surface area is 127 Å². The quantitative estimate of drug-likeness (QED) is 0.850. The minimum Gasteiger partial charge on any atom is -0.384 e. The van der Waals surface area contributed by atoms with Crippen molar-refractivity contribution in [1.29, 1.82) is 0 Å². The first-order chi connectivity index (χ1) is 9.55. The molecule has 0 amide bonds. The van der Waals surface area contributed by atoms with Crippen molar-refractivity contribution in [2.75, 3.05) is 0 Å². The predicted octanol–water partition coefficient (Wildman–Crippen LogP) is 4.79. The summed E-state index contributed by atoms with van der Waals surface area (Å²) in [5.41, 5.74) is 3.89. The fraction of sp³-hybridized carbons (Fsp3) is 0.294. The fourth-order valence-corrected chi connectivity index (χ4v) is 2.90. The standard InChI is InChI=1S/C17H18BrFO/c1-3-11-5-6-13(7-12(11)4-2)17(20)14-8-15(18)10-16(19)9-14/h5-10,17,20H,3-4H2,1-2H3. The molecule has 2 rings (SSSR count). The Kier molecular flexibility index (Phi) is 4.95. The van der Waals surface area contributed by atoms with Crippen LogP contribution in [0.4, 0.5) is 4.39 Å². The third kappa shape index (κ3) is 3.28. The van der Waals surface area contributed by atoms with E-state index in [-0.39, 0.29) is 5.82 Å². The summed E-state index contributed by atoms with van der Waals surface area (Å²) in [6.45, 7) is 4.22. The molecule has 0 heterocycles. The number of rotatable bonds is 4. The van der Waals surface area contributed by atoms with Gasteiger partial charge < -0.3 is 5.11 Å². The molecule has 0 aliphatic heterocycles. The molecular formula is C17H18BrFO. The Morgan fingerprint density at radius 1 is 1.00 bits per heavy atom. The van der Waals surface area contributed by atoms with Crippen LogP contribution in [0.25, 0.3) is 0 Å². The van der Waals surface area contributed by atoms with Gasteiger partial charge in [-0.3, -0.25) is 0 Å². The second kappa shape index (κ2) is 6.51. The number of aliphatic hydroxyl groups excluding tert-OH is 1. The molecule has 0 aromatic heterocycles. The molecule has 0 saturated heterocycles. The Morgan fingerprint density at radius 3 is 2.30 bits per heavy atom.